The fourth-order valence-corrected chi connectivity index (χ4v) is 3.53. The van der Waals surface area contributed by atoms with Gasteiger partial charge in [0, 0.05) is 12.8 Å². The summed E-state index contributed by atoms with van der Waals surface area (Å²) in [5, 5.41) is 8.24. The first-order valence-electron chi connectivity index (χ1n) is 7.03. The largest absolute Gasteiger partial charge is 0.465 e. The van der Waals surface area contributed by atoms with Crippen molar-refractivity contribution in [2.75, 3.05) is 18.9 Å². The highest BCUT2D eigenvalue weighted by molar-refractivity contribution is 7.99. The monoisotopic (exact) mass is 298 g/mol. The Kier molecular flexibility index (Phi) is 5.04. The summed E-state index contributed by atoms with van der Waals surface area (Å²) < 4.78 is 7.03. The molecule has 1 fully saturated rings. The summed E-state index contributed by atoms with van der Waals surface area (Å²) >= 11 is 1.55. The standard InChI is InChI=1S/C13H22N4O2S/c1-4-15-13(10-6-7-10,11(18)19-5-2)8-20-12-14-9-16-17(12)3/h9-10,15H,4-8H2,1-3H3. The average molecular weight is 298 g/mol. The fourth-order valence-electron chi connectivity index (χ4n) is 2.36. The van der Waals surface area contributed by atoms with Crippen molar-refractivity contribution < 1.29 is 9.53 Å². The summed E-state index contributed by atoms with van der Waals surface area (Å²) in [5.41, 5.74) is -0.596. The van der Waals surface area contributed by atoms with Crippen molar-refractivity contribution in [2.24, 2.45) is 13.0 Å². The van der Waals surface area contributed by atoms with Crippen molar-refractivity contribution in [1.82, 2.24) is 20.1 Å². The predicted molar refractivity (Wildman–Crippen MR) is 77.5 cm³/mol. The number of aromatic nitrogens is 3. The van der Waals surface area contributed by atoms with E-state index in [0.29, 0.717) is 18.3 Å². The van der Waals surface area contributed by atoms with E-state index in [1.807, 2.05) is 20.9 Å². The molecule has 1 aromatic rings. The third kappa shape index (κ3) is 3.15. The molecule has 1 N–H and O–H groups in total. The van der Waals surface area contributed by atoms with E-state index in [2.05, 4.69) is 15.4 Å². The molecule has 0 spiro atoms. The molecule has 1 aromatic heterocycles. The lowest BCUT2D eigenvalue weighted by Crippen LogP contribution is -2.57. The molecule has 7 heteroatoms. The quantitative estimate of drug-likeness (QED) is 0.575. The third-order valence-electron chi connectivity index (χ3n) is 3.50. The van der Waals surface area contributed by atoms with E-state index in [1.165, 1.54) is 6.33 Å². The van der Waals surface area contributed by atoms with Crippen LogP contribution < -0.4 is 5.32 Å². The van der Waals surface area contributed by atoms with E-state index in [-0.39, 0.29) is 5.97 Å². The van der Waals surface area contributed by atoms with Crippen LogP contribution in [-0.4, -0.2) is 45.2 Å². The molecular formula is C13H22N4O2S. The molecule has 1 saturated carbocycles. The summed E-state index contributed by atoms with van der Waals surface area (Å²) in [6.07, 6.45) is 3.68. The van der Waals surface area contributed by atoms with Crippen LogP contribution in [0.4, 0.5) is 0 Å². The number of hydrogen-bond acceptors (Lipinski definition) is 6. The van der Waals surface area contributed by atoms with Gasteiger partial charge < -0.3 is 10.1 Å². The minimum absolute atomic E-state index is 0.140. The Morgan fingerprint density at radius 3 is 2.85 bits per heavy atom. The maximum Gasteiger partial charge on any atom is 0.327 e. The molecule has 0 bridgehead atoms. The molecule has 1 atom stereocenters. The zero-order chi connectivity index (χ0) is 14.6. The molecule has 1 aliphatic carbocycles. The van der Waals surface area contributed by atoms with E-state index in [1.54, 1.807) is 16.4 Å². The molecule has 6 nitrogen and oxygen atoms in total. The second-order valence-electron chi connectivity index (χ2n) is 4.95. The lowest BCUT2D eigenvalue weighted by Gasteiger charge is -2.32. The van der Waals surface area contributed by atoms with E-state index >= 15 is 0 Å². The highest BCUT2D eigenvalue weighted by Gasteiger charge is 2.51. The van der Waals surface area contributed by atoms with Crippen LogP contribution in [0.15, 0.2) is 11.5 Å². The number of aryl methyl sites for hydroxylation is 1. The van der Waals surface area contributed by atoms with Gasteiger partial charge in [-0.2, -0.15) is 5.10 Å². The summed E-state index contributed by atoms with van der Waals surface area (Å²) in [6, 6.07) is 0. The molecule has 0 amide bonds. The van der Waals surface area contributed by atoms with Crippen molar-refractivity contribution in [1.29, 1.82) is 0 Å². The van der Waals surface area contributed by atoms with E-state index in [0.717, 1.165) is 24.5 Å². The number of hydrogen-bond donors (Lipinski definition) is 1. The van der Waals surface area contributed by atoms with Crippen LogP contribution in [0.25, 0.3) is 0 Å². The molecular weight excluding hydrogens is 276 g/mol. The van der Waals surface area contributed by atoms with Crippen molar-refractivity contribution in [3.63, 3.8) is 0 Å². The average Bonchev–Trinajstić information content (AvgIpc) is 3.19. The number of esters is 1. The number of carbonyl (C=O) groups is 1. The molecule has 0 saturated heterocycles. The van der Waals surface area contributed by atoms with Crippen LogP contribution >= 0.6 is 11.8 Å². The number of likely N-dealkylation sites (N-methyl/N-ethyl adjacent to an activating group) is 1. The van der Waals surface area contributed by atoms with Gasteiger partial charge in [0.15, 0.2) is 5.16 Å². The Labute approximate surface area is 123 Å². The van der Waals surface area contributed by atoms with E-state index < -0.39 is 5.54 Å². The van der Waals surface area contributed by atoms with Crippen LogP contribution in [-0.2, 0) is 16.6 Å². The lowest BCUT2D eigenvalue weighted by atomic mass is 9.95. The second kappa shape index (κ2) is 6.58. The van der Waals surface area contributed by atoms with Gasteiger partial charge in [0.1, 0.15) is 11.9 Å². The van der Waals surface area contributed by atoms with Gasteiger partial charge in [-0.1, -0.05) is 18.7 Å². The van der Waals surface area contributed by atoms with Gasteiger partial charge in [-0.3, -0.25) is 4.79 Å². The maximum atomic E-state index is 12.4. The van der Waals surface area contributed by atoms with Crippen LogP contribution in [0.1, 0.15) is 26.7 Å². The summed E-state index contributed by atoms with van der Waals surface area (Å²) in [5.74, 6) is 0.845. The Balaban J connectivity index is 2.12. The van der Waals surface area contributed by atoms with Crippen molar-refractivity contribution in [3.05, 3.63) is 6.33 Å². The van der Waals surface area contributed by atoms with Gasteiger partial charge in [0.2, 0.25) is 0 Å². The van der Waals surface area contributed by atoms with Gasteiger partial charge >= 0.3 is 5.97 Å². The molecule has 0 aromatic carbocycles. The Morgan fingerprint density at radius 1 is 1.60 bits per heavy atom. The number of rotatable bonds is 8. The van der Waals surface area contributed by atoms with Crippen LogP contribution in [0.5, 0.6) is 0 Å². The SMILES string of the molecule is CCNC(CSc1ncnn1C)(C(=O)OCC)C1CC1. The summed E-state index contributed by atoms with van der Waals surface area (Å²) in [7, 11) is 1.85. The highest BCUT2D eigenvalue weighted by Crippen LogP contribution is 2.43. The first-order valence-corrected chi connectivity index (χ1v) is 8.01. The van der Waals surface area contributed by atoms with Gasteiger partial charge in [0.25, 0.3) is 0 Å². The zero-order valence-corrected chi connectivity index (χ0v) is 13.1. The first kappa shape index (κ1) is 15.3. The van der Waals surface area contributed by atoms with Gasteiger partial charge in [-0.05, 0) is 32.2 Å². The second-order valence-corrected chi connectivity index (χ2v) is 5.89. The first-order chi connectivity index (χ1) is 9.64. The number of nitrogens with zero attached hydrogens (tertiary/aromatic N) is 3. The van der Waals surface area contributed by atoms with E-state index in [9.17, 15) is 4.79 Å². The molecule has 1 heterocycles. The zero-order valence-electron chi connectivity index (χ0n) is 12.3. The predicted octanol–water partition coefficient (Wildman–Crippen LogP) is 1.23. The summed E-state index contributed by atoms with van der Waals surface area (Å²) in [4.78, 5) is 16.6. The third-order valence-corrected chi connectivity index (χ3v) is 4.73. The van der Waals surface area contributed by atoms with Crippen molar-refractivity contribution >= 4 is 17.7 Å². The molecule has 0 aliphatic heterocycles. The highest BCUT2D eigenvalue weighted by atomic mass is 32.2. The molecule has 2 rings (SSSR count). The molecule has 20 heavy (non-hydrogen) atoms. The number of nitrogens with one attached hydrogen (secondary N) is 1. The van der Waals surface area contributed by atoms with Crippen LogP contribution in [0.3, 0.4) is 0 Å². The van der Waals surface area contributed by atoms with Gasteiger partial charge in [0.05, 0.1) is 6.61 Å². The smallest absolute Gasteiger partial charge is 0.327 e. The molecule has 1 aliphatic rings. The number of ether oxygens (including phenoxy) is 1. The number of carbonyl (C=O) groups excluding carboxylic acids is 1. The molecule has 112 valence electrons. The van der Waals surface area contributed by atoms with E-state index in [4.69, 9.17) is 4.74 Å². The minimum atomic E-state index is -0.596. The Hall–Kier alpha value is -1.08. The van der Waals surface area contributed by atoms with Crippen molar-refractivity contribution in [3.8, 4) is 0 Å². The van der Waals surface area contributed by atoms with Gasteiger partial charge in [-0.25, -0.2) is 9.67 Å². The Morgan fingerprint density at radius 2 is 2.35 bits per heavy atom. The maximum absolute atomic E-state index is 12.4. The normalized spacial score (nSPS) is 17.8. The van der Waals surface area contributed by atoms with Crippen LogP contribution in [0, 0.1) is 5.92 Å². The Bertz CT molecular complexity index is 461. The van der Waals surface area contributed by atoms with Crippen molar-refractivity contribution in [2.45, 2.75) is 37.4 Å². The molecule has 1 unspecified atom stereocenters. The summed E-state index contributed by atoms with van der Waals surface area (Å²) in [6.45, 7) is 5.02. The van der Waals surface area contributed by atoms with Crippen LogP contribution in [0.2, 0.25) is 0 Å². The fraction of sp³-hybridized carbons (Fsp3) is 0.769. The number of thioether (sulfide) groups is 1. The molecule has 0 radical (unpaired) electrons. The van der Waals surface area contributed by atoms with Gasteiger partial charge in [-0.15, -0.1) is 0 Å². The topological polar surface area (TPSA) is 69.0 Å². The lowest BCUT2D eigenvalue weighted by molar-refractivity contribution is -0.151. The minimum Gasteiger partial charge on any atom is -0.465 e.